The average molecular weight is 260 g/mol. The summed E-state index contributed by atoms with van der Waals surface area (Å²) in [5, 5.41) is 0. The van der Waals surface area contributed by atoms with Crippen LogP contribution in [0.25, 0.3) is 0 Å². The lowest BCUT2D eigenvalue weighted by atomic mass is 9.95. The van der Waals surface area contributed by atoms with Crippen molar-refractivity contribution in [1.29, 1.82) is 0 Å². The minimum absolute atomic E-state index is 0.0182. The van der Waals surface area contributed by atoms with Gasteiger partial charge in [0.1, 0.15) is 0 Å². The highest BCUT2D eigenvalue weighted by molar-refractivity contribution is 5.83. The summed E-state index contributed by atoms with van der Waals surface area (Å²) in [6, 6.07) is 10.2. The molecule has 0 aromatic heterocycles. The lowest BCUT2D eigenvalue weighted by molar-refractivity contribution is -0.132. The molecule has 0 bridgehead atoms. The van der Waals surface area contributed by atoms with Gasteiger partial charge in [-0.25, -0.2) is 0 Å². The van der Waals surface area contributed by atoms with Crippen LogP contribution in [0.1, 0.15) is 31.2 Å². The first-order valence-electron chi connectivity index (χ1n) is 7.24. The number of benzene rings is 1. The van der Waals surface area contributed by atoms with E-state index < -0.39 is 0 Å². The van der Waals surface area contributed by atoms with Gasteiger partial charge in [0.15, 0.2) is 0 Å². The number of hydrogen-bond donors (Lipinski definition) is 0. The van der Waals surface area contributed by atoms with Crippen molar-refractivity contribution in [3.05, 3.63) is 35.9 Å². The fourth-order valence-corrected chi connectivity index (χ4v) is 2.73. The topological polar surface area (TPSA) is 23.6 Å². The molecule has 0 unspecified atom stereocenters. The van der Waals surface area contributed by atoms with E-state index in [0.29, 0.717) is 5.91 Å². The van der Waals surface area contributed by atoms with Gasteiger partial charge in [-0.1, -0.05) is 37.3 Å². The van der Waals surface area contributed by atoms with Crippen LogP contribution < -0.4 is 0 Å². The summed E-state index contributed by atoms with van der Waals surface area (Å²) in [5.41, 5.74) is 1.15. The maximum absolute atomic E-state index is 12.7. The van der Waals surface area contributed by atoms with E-state index in [-0.39, 0.29) is 5.92 Å². The molecule has 2 rings (SSSR count). The molecule has 1 aliphatic heterocycles. The SMILES string of the molecule is CC[C@H](C(=O)N1CCCN(C)CC1)c1ccccc1. The molecule has 1 aromatic carbocycles. The van der Waals surface area contributed by atoms with Crippen molar-refractivity contribution in [2.24, 2.45) is 0 Å². The van der Waals surface area contributed by atoms with Gasteiger partial charge in [0.05, 0.1) is 5.92 Å². The number of likely N-dealkylation sites (N-methyl/N-ethyl adjacent to an activating group) is 1. The molecule has 3 nitrogen and oxygen atoms in total. The van der Waals surface area contributed by atoms with Crippen LogP contribution in [0.4, 0.5) is 0 Å². The molecule has 1 heterocycles. The first kappa shape index (κ1) is 14.1. The first-order chi connectivity index (χ1) is 9.22. The highest BCUT2D eigenvalue weighted by atomic mass is 16.2. The zero-order valence-corrected chi connectivity index (χ0v) is 12.0. The Balaban J connectivity index is 2.08. The van der Waals surface area contributed by atoms with Crippen molar-refractivity contribution in [2.45, 2.75) is 25.7 Å². The van der Waals surface area contributed by atoms with Crippen LogP contribution in [0.2, 0.25) is 0 Å². The van der Waals surface area contributed by atoms with E-state index >= 15 is 0 Å². The van der Waals surface area contributed by atoms with E-state index in [1.165, 1.54) is 0 Å². The lowest BCUT2D eigenvalue weighted by Gasteiger charge is -2.25. The monoisotopic (exact) mass is 260 g/mol. The van der Waals surface area contributed by atoms with E-state index in [1.807, 2.05) is 23.1 Å². The highest BCUT2D eigenvalue weighted by Crippen LogP contribution is 2.22. The summed E-state index contributed by atoms with van der Waals surface area (Å²) in [6.45, 7) is 5.92. The van der Waals surface area contributed by atoms with Crippen molar-refractivity contribution in [1.82, 2.24) is 9.80 Å². The minimum atomic E-state index is 0.0182. The lowest BCUT2D eigenvalue weighted by Crippen LogP contribution is -2.37. The maximum atomic E-state index is 12.7. The van der Waals surface area contributed by atoms with Crippen LogP contribution in [0.3, 0.4) is 0 Å². The van der Waals surface area contributed by atoms with Crippen LogP contribution in [0.5, 0.6) is 0 Å². The van der Waals surface area contributed by atoms with Gasteiger partial charge >= 0.3 is 0 Å². The number of rotatable bonds is 3. The van der Waals surface area contributed by atoms with Gasteiger partial charge in [-0.2, -0.15) is 0 Å². The largest absolute Gasteiger partial charge is 0.341 e. The third-order valence-corrected chi connectivity index (χ3v) is 3.94. The first-order valence-corrected chi connectivity index (χ1v) is 7.24. The molecule has 0 spiro atoms. The Bertz CT molecular complexity index is 404. The maximum Gasteiger partial charge on any atom is 0.230 e. The summed E-state index contributed by atoms with van der Waals surface area (Å²) in [4.78, 5) is 17.0. The standard InChI is InChI=1S/C16H24N2O/c1-3-15(14-8-5-4-6-9-14)16(19)18-11-7-10-17(2)12-13-18/h4-6,8-9,15H,3,7,10-13H2,1-2H3/t15-/m0/s1. The molecule has 1 atom stereocenters. The second-order valence-electron chi connectivity index (χ2n) is 5.35. The third-order valence-electron chi connectivity index (χ3n) is 3.94. The molecule has 1 aromatic rings. The van der Waals surface area contributed by atoms with E-state index in [0.717, 1.165) is 44.6 Å². The number of carbonyl (C=O) groups is 1. The van der Waals surface area contributed by atoms with Gasteiger partial charge in [-0.3, -0.25) is 4.79 Å². The van der Waals surface area contributed by atoms with Crippen molar-refractivity contribution < 1.29 is 4.79 Å². The van der Waals surface area contributed by atoms with Gasteiger partial charge in [0.25, 0.3) is 0 Å². The van der Waals surface area contributed by atoms with E-state index in [1.54, 1.807) is 0 Å². The summed E-state index contributed by atoms with van der Waals surface area (Å²) in [7, 11) is 2.13. The minimum Gasteiger partial charge on any atom is -0.341 e. The molecule has 19 heavy (non-hydrogen) atoms. The molecular formula is C16H24N2O. The molecule has 1 aliphatic rings. The molecule has 104 valence electrons. The molecule has 0 saturated carbocycles. The predicted molar refractivity (Wildman–Crippen MR) is 78.2 cm³/mol. The third kappa shape index (κ3) is 3.57. The molecular weight excluding hydrogens is 236 g/mol. The van der Waals surface area contributed by atoms with Crippen molar-refractivity contribution in [3.63, 3.8) is 0 Å². The Morgan fingerprint density at radius 1 is 1.16 bits per heavy atom. The van der Waals surface area contributed by atoms with Crippen LogP contribution >= 0.6 is 0 Å². The number of carbonyl (C=O) groups excluding carboxylic acids is 1. The summed E-state index contributed by atoms with van der Waals surface area (Å²) in [6.07, 6.45) is 1.95. The molecule has 3 heteroatoms. The molecule has 0 N–H and O–H groups in total. The van der Waals surface area contributed by atoms with E-state index in [4.69, 9.17) is 0 Å². The van der Waals surface area contributed by atoms with Crippen LogP contribution in [-0.2, 0) is 4.79 Å². The van der Waals surface area contributed by atoms with Gasteiger partial charge in [0, 0.05) is 19.6 Å². The van der Waals surface area contributed by atoms with Gasteiger partial charge in [-0.05, 0) is 32.0 Å². The molecule has 0 radical (unpaired) electrons. The van der Waals surface area contributed by atoms with Crippen LogP contribution in [0, 0.1) is 0 Å². The van der Waals surface area contributed by atoms with Gasteiger partial charge in [-0.15, -0.1) is 0 Å². The van der Waals surface area contributed by atoms with Crippen LogP contribution in [-0.4, -0.2) is 48.9 Å². The Labute approximate surface area is 116 Å². The number of nitrogens with zero attached hydrogens (tertiary/aromatic N) is 2. The van der Waals surface area contributed by atoms with E-state index in [2.05, 4.69) is 31.0 Å². The second-order valence-corrected chi connectivity index (χ2v) is 5.35. The molecule has 1 fully saturated rings. The number of amides is 1. The molecule has 1 saturated heterocycles. The fourth-order valence-electron chi connectivity index (χ4n) is 2.73. The van der Waals surface area contributed by atoms with Crippen molar-refractivity contribution in [3.8, 4) is 0 Å². The Kier molecular flexibility index (Phi) is 4.97. The summed E-state index contributed by atoms with van der Waals surface area (Å²) < 4.78 is 0. The van der Waals surface area contributed by atoms with Gasteiger partial charge < -0.3 is 9.80 Å². The average Bonchev–Trinajstić information content (AvgIpc) is 2.65. The van der Waals surface area contributed by atoms with Gasteiger partial charge in [0.2, 0.25) is 5.91 Å². The summed E-state index contributed by atoms with van der Waals surface area (Å²) in [5.74, 6) is 0.314. The van der Waals surface area contributed by atoms with E-state index in [9.17, 15) is 4.79 Å². The Hall–Kier alpha value is -1.35. The smallest absolute Gasteiger partial charge is 0.230 e. The Morgan fingerprint density at radius 3 is 2.58 bits per heavy atom. The van der Waals surface area contributed by atoms with Crippen LogP contribution in [0.15, 0.2) is 30.3 Å². The van der Waals surface area contributed by atoms with Crippen molar-refractivity contribution in [2.75, 3.05) is 33.2 Å². The normalized spacial score (nSPS) is 18.9. The molecule has 1 amide bonds. The Morgan fingerprint density at radius 2 is 1.89 bits per heavy atom. The predicted octanol–water partition coefficient (Wildman–Crippen LogP) is 2.34. The second kappa shape index (κ2) is 6.71. The van der Waals surface area contributed by atoms with Crippen molar-refractivity contribution >= 4 is 5.91 Å². The quantitative estimate of drug-likeness (QED) is 0.833. The highest BCUT2D eigenvalue weighted by Gasteiger charge is 2.25. The zero-order valence-electron chi connectivity index (χ0n) is 12.0. The summed E-state index contributed by atoms with van der Waals surface area (Å²) >= 11 is 0. The zero-order chi connectivity index (χ0) is 13.7. The number of hydrogen-bond acceptors (Lipinski definition) is 2. The fraction of sp³-hybridized carbons (Fsp3) is 0.562. The molecule has 0 aliphatic carbocycles.